The molecule has 2 heteroatoms. The van der Waals surface area contributed by atoms with Gasteiger partial charge in [0.25, 0.3) is 0 Å². The van der Waals surface area contributed by atoms with E-state index in [0.29, 0.717) is 5.57 Å². The first-order valence-electron chi connectivity index (χ1n) is 3.32. The van der Waals surface area contributed by atoms with E-state index in [1.54, 1.807) is 19.1 Å². The lowest BCUT2D eigenvalue weighted by atomic mass is 10.4. The summed E-state index contributed by atoms with van der Waals surface area (Å²) in [5.41, 5.74) is 0.398. The highest BCUT2D eigenvalue weighted by atomic mass is 16.5. The third kappa shape index (κ3) is 5.15. The van der Waals surface area contributed by atoms with Gasteiger partial charge < -0.3 is 4.74 Å². The van der Waals surface area contributed by atoms with Crippen LogP contribution in [0.2, 0.25) is 0 Å². The standard InChI is InChI=1S/C9H12O2/c1-4-5-6-7-11-9(10)8(2)3/h4-7H,2H2,1,3H3/b5-4+,7-6+. The molecule has 0 heterocycles. The number of hydrogen-bond donors (Lipinski definition) is 0. The normalized spacial score (nSPS) is 10.7. The minimum Gasteiger partial charge on any atom is -0.431 e. The molecule has 0 aromatic rings. The highest BCUT2D eigenvalue weighted by molar-refractivity contribution is 5.87. The Hall–Kier alpha value is -1.31. The number of ether oxygens (including phenoxy) is 1. The summed E-state index contributed by atoms with van der Waals surface area (Å²) >= 11 is 0. The van der Waals surface area contributed by atoms with Gasteiger partial charge in [0.1, 0.15) is 0 Å². The van der Waals surface area contributed by atoms with Gasteiger partial charge in [0.05, 0.1) is 6.26 Å². The molecule has 0 unspecified atom stereocenters. The van der Waals surface area contributed by atoms with Crippen molar-refractivity contribution in [3.8, 4) is 0 Å². The Morgan fingerprint density at radius 2 is 2.09 bits per heavy atom. The van der Waals surface area contributed by atoms with E-state index in [1.807, 2.05) is 13.0 Å². The van der Waals surface area contributed by atoms with Gasteiger partial charge >= 0.3 is 5.97 Å². The van der Waals surface area contributed by atoms with Gasteiger partial charge in [-0.05, 0) is 19.9 Å². The van der Waals surface area contributed by atoms with Gasteiger partial charge in [0, 0.05) is 5.57 Å². The smallest absolute Gasteiger partial charge is 0.337 e. The average molecular weight is 152 g/mol. The second kappa shape index (κ2) is 5.47. The molecule has 0 aliphatic carbocycles. The number of carbonyl (C=O) groups is 1. The van der Waals surface area contributed by atoms with Gasteiger partial charge in [0.2, 0.25) is 0 Å². The van der Waals surface area contributed by atoms with Crippen molar-refractivity contribution in [2.24, 2.45) is 0 Å². The first-order valence-corrected chi connectivity index (χ1v) is 3.32. The van der Waals surface area contributed by atoms with Crippen LogP contribution < -0.4 is 0 Å². The van der Waals surface area contributed by atoms with Crippen LogP contribution in [0.3, 0.4) is 0 Å². The summed E-state index contributed by atoms with van der Waals surface area (Å²) in [6.07, 6.45) is 6.58. The van der Waals surface area contributed by atoms with Crippen molar-refractivity contribution in [3.63, 3.8) is 0 Å². The van der Waals surface area contributed by atoms with Crippen LogP contribution in [0.25, 0.3) is 0 Å². The molecule has 0 aliphatic rings. The van der Waals surface area contributed by atoms with Gasteiger partial charge in [-0.3, -0.25) is 0 Å². The summed E-state index contributed by atoms with van der Waals surface area (Å²) in [4.78, 5) is 10.7. The van der Waals surface area contributed by atoms with Crippen LogP contribution in [0.4, 0.5) is 0 Å². The van der Waals surface area contributed by atoms with Crippen LogP contribution in [0.15, 0.2) is 36.6 Å². The van der Waals surface area contributed by atoms with Crippen molar-refractivity contribution in [1.29, 1.82) is 0 Å². The Labute approximate surface area is 66.9 Å². The zero-order valence-electron chi connectivity index (χ0n) is 6.83. The molecule has 0 N–H and O–H groups in total. The van der Waals surface area contributed by atoms with Crippen molar-refractivity contribution in [3.05, 3.63) is 36.6 Å². The van der Waals surface area contributed by atoms with Crippen molar-refractivity contribution in [2.45, 2.75) is 13.8 Å². The molecule has 0 aliphatic heterocycles. The molecule has 0 saturated heterocycles. The topological polar surface area (TPSA) is 26.3 Å². The van der Waals surface area contributed by atoms with Crippen LogP contribution in [0, 0.1) is 0 Å². The zero-order valence-corrected chi connectivity index (χ0v) is 6.83. The Balaban J connectivity index is 3.71. The Kier molecular flexibility index (Phi) is 4.82. The van der Waals surface area contributed by atoms with Gasteiger partial charge in [-0.15, -0.1) is 0 Å². The quantitative estimate of drug-likeness (QED) is 0.268. The molecule has 60 valence electrons. The summed E-state index contributed by atoms with van der Waals surface area (Å²) < 4.78 is 4.64. The van der Waals surface area contributed by atoms with Gasteiger partial charge in [-0.25, -0.2) is 4.79 Å². The number of carbonyl (C=O) groups excluding carboxylic acids is 1. The number of allylic oxidation sites excluding steroid dienone is 3. The molecule has 0 aromatic heterocycles. The van der Waals surface area contributed by atoms with Gasteiger partial charge in [-0.2, -0.15) is 0 Å². The first kappa shape index (κ1) is 9.69. The maximum atomic E-state index is 10.7. The summed E-state index contributed by atoms with van der Waals surface area (Å²) in [6, 6.07) is 0. The Bertz CT molecular complexity index is 200. The second-order valence-electron chi connectivity index (χ2n) is 2.04. The summed E-state index contributed by atoms with van der Waals surface area (Å²) in [7, 11) is 0. The molecule has 0 saturated carbocycles. The summed E-state index contributed by atoms with van der Waals surface area (Å²) in [5.74, 6) is -0.397. The van der Waals surface area contributed by atoms with E-state index in [1.165, 1.54) is 6.26 Å². The maximum absolute atomic E-state index is 10.7. The first-order chi connectivity index (χ1) is 5.18. The summed E-state index contributed by atoms with van der Waals surface area (Å²) in [5, 5.41) is 0. The van der Waals surface area contributed by atoms with Gasteiger partial charge in [-0.1, -0.05) is 18.7 Å². The van der Waals surface area contributed by atoms with Crippen LogP contribution in [0.5, 0.6) is 0 Å². The number of esters is 1. The van der Waals surface area contributed by atoms with E-state index in [9.17, 15) is 4.79 Å². The third-order valence-corrected chi connectivity index (χ3v) is 0.906. The van der Waals surface area contributed by atoms with Crippen LogP contribution in [-0.2, 0) is 9.53 Å². The van der Waals surface area contributed by atoms with E-state index in [-0.39, 0.29) is 0 Å². The van der Waals surface area contributed by atoms with E-state index < -0.39 is 5.97 Å². The van der Waals surface area contributed by atoms with Crippen molar-refractivity contribution in [2.75, 3.05) is 0 Å². The molecular weight excluding hydrogens is 140 g/mol. The lowest BCUT2D eigenvalue weighted by Crippen LogP contribution is -1.98. The van der Waals surface area contributed by atoms with Crippen molar-refractivity contribution >= 4 is 5.97 Å². The monoisotopic (exact) mass is 152 g/mol. The average Bonchev–Trinajstić information content (AvgIpc) is 1.97. The Morgan fingerprint density at radius 3 is 2.55 bits per heavy atom. The molecule has 2 nitrogen and oxygen atoms in total. The van der Waals surface area contributed by atoms with Crippen molar-refractivity contribution in [1.82, 2.24) is 0 Å². The van der Waals surface area contributed by atoms with Gasteiger partial charge in [0.15, 0.2) is 0 Å². The molecule has 0 rings (SSSR count). The highest BCUT2D eigenvalue weighted by Gasteiger charge is 1.97. The highest BCUT2D eigenvalue weighted by Crippen LogP contribution is 1.92. The molecular formula is C9H12O2. The largest absolute Gasteiger partial charge is 0.431 e. The van der Waals surface area contributed by atoms with E-state index in [0.717, 1.165) is 0 Å². The minimum atomic E-state index is -0.397. The lowest BCUT2D eigenvalue weighted by Gasteiger charge is -1.94. The molecule has 11 heavy (non-hydrogen) atoms. The fraction of sp³-hybridized carbons (Fsp3) is 0.222. The third-order valence-electron chi connectivity index (χ3n) is 0.906. The van der Waals surface area contributed by atoms with Crippen LogP contribution in [0.1, 0.15) is 13.8 Å². The fourth-order valence-corrected chi connectivity index (χ4v) is 0.358. The molecule has 0 aromatic carbocycles. The maximum Gasteiger partial charge on any atom is 0.337 e. The zero-order chi connectivity index (χ0) is 8.69. The lowest BCUT2D eigenvalue weighted by molar-refractivity contribution is -0.133. The minimum absolute atomic E-state index is 0.397. The molecule has 0 atom stereocenters. The van der Waals surface area contributed by atoms with E-state index in [2.05, 4.69) is 11.3 Å². The van der Waals surface area contributed by atoms with Crippen LogP contribution >= 0.6 is 0 Å². The molecule has 0 amide bonds. The Morgan fingerprint density at radius 1 is 1.45 bits per heavy atom. The van der Waals surface area contributed by atoms with E-state index in [4.69, 9.17) is 0 Å². The fourth-order valence-electron chi connectivity index (χ4n) is 0.358. The van der Waals surface area contributed by atoms with E-state index >= 15 is 0 Å². The second-order valence-corrected chi connectivity index (χ2v) is 2.04. The molecule has 0 spiro atoms. The predicted octanol–water partition coefficient (Wildman–Crippen LogP) is 2.20. The molecule has 0 fully saturated rings. The number of hydrogen-bond acceptors (Lipinski definition) is 2. The SMILES string of the molecule is C=C(C)C(=O)O/C=C/C=C/C. The predicted molar refractivity (Wildman–Crippen MR) is 44.9 cm³/mol. The molecule has 0 bridgehead atoms. The summed E-state index contributed by atoms with van der Waals surface area (Å²) in [6.45, 7) is 6.91. The number of rotatable bonds is 3. The van der Waals surface area contributed by atoms with Crippen molar-refractivity contribution < 1.29 is 9.53 Å². The van der Waals surface area contributed by atoms with Crippen LogP contribution in [-0.4, -0.2) is 5.97 Å². The molecule has 0 radical (unpaired) electrons.